The first-order valence-electron chi connectivity index (χ1n) is 8.42. The van der Waals surface area contributed by atoms with Gasteiger partial charge < -0.3 is 15.0 Å². The van der Waals surface area contributed by atoms with Gasteiger partial charge in [0.15, 0.2) is 0 Å². The van der Waals surface area contributed by atoms with E-state index in [1.165, 1.54) is 45.1 Å². The van der Waals surface area contributed by atoms with Crippen LogP contribution in [-0.4, -0.2) is 50.8 Å². The Morgan fingerprint density at radius 1 is 1.10 bits per heavy atom. The van der Waals surface area contributed by atoms with Crippen LogP contribution in [0.4, 0.5) is 0 Å². The molecule has 1 unspecified atom stereocenters. The van der Waals surface area contributed by atoms with Gasteiger partial charge in [0, 0.05) is 32.3 Å². The molecule has 0 bridgehead atoms. The van der Waals surface area contributed by atoms with Crippen LogP contribution in [-0.2, 0) is 4.74 Å². The molecule has 0 radical (unpaired) electrons. The third-order valence-electron chi connectivity index (χ3n) is 4.79. The largest absolute Gasteiger partial charge is 0.383 e. The Morgan fingerprint density at radius 2 is 1.70 bits per heavy atom. The molecule has 3 heteroatoms. The van der Waals surface area contributed by atoms with Gasteiger partial charge in [-0.2, -0.15) is 0 Å². The SMILES string of the molecule is COCC(C)N(C)CC1(CNC(C)C)CCCCCC1. The fourth-order valence-electron chi connectivity index (χ4n) is 3.34. The Kier molecular flexibility index (Phi) is 8.08. The summed E-state index contributed by atoms with van der Waals surface area (Å²) in [7, 11) is 4.05. The van der Waals surface area contributed by atoms with Crippen molar-refractivity contribution in [2.45, 2.75) is 71.4 Å². The standard InChI is InChI=1S/C17H36N2O/c1-15(2)18-13-17(10-8-6-7-9-11-17)14-19(4)16(3)12-20-5/h15-16,18H,6-14H2,1-5H3. The van der Waals surface area contributed by atoms with E-state index < -0.39 is 0 Å². The Balaban J connectivity index is 2.65. The number of likely N-dealkylation sites (N-methyl/N-ethyl adjacent to an activating group) is 1. The van der Waals surface area contributed by atoms with Crippen molar-refractivity contribution in [3.8, 4) is 0 Å². The zero-order chi connectivity index (χ0) is 15.0. The van der Waals surface area contributed by atoms with E-state index in [1.54, 1.807) is 7.11 Å². The van der Waals surface area contributed by atoms with Crippen molar-refractivity contribution < 1.29 is 4.74 Å². The van der Waals surface area contributed by atoms with Gasteiger partial charge in [0.25, 0.3) is 0 Å². The van der Waals surface area contributed by atoms with Crippen LogP contribution in [0.5, 0.6) is 0 Å². The molecule has 1 rings (SSSR count). The van der Waals surface area contributed by atoms with E-state index >= 15 is 0 Å². The summed E-state index contributed by atoms with van der Waals surface area (Å²) in [5, 5.41) is 3.70. The molecule has 1 aliphatic carbocycles. The normalized spacial score (nSPS) is 21.1. The van der Waals surface area contributed by atoms with Crippen LogP contribution in [0.25, 0.3) is 0 Å². The van der Waals surface area contributed by atoms with Gasteiger partial charge in [0.05, 0.1) is 6.61 Å². The van der Waals surface area contributed by atoms with Gasteiger partial charge in [-0.3, -0.25) is 0 Å². The van der Waals surface area contributed by atoms with Crippen molar-refractivity contribution in [1.82, 2.24) is 10.2 Å². The molecule has 1 N–H and O–H groups in total. The summed E-state index contributed by atoms with van der Waals surface area (Å²) in [4.78, 5) is 2.50. The summed E-state index contributed by atoms with van der Waals surface area (Å²) in [6, 6.07) is 1.08. The fourth-order valence-corrected chi connectivity index (χ4v) is 3.34. The second-order valence-electron chi connectivity index (χ2n) is 7.17. The first-order valence-corrected chi connectivity index (χ1v) is 8.42. The number of ether oxygens (including phenoxy) is 1. The molecule has 0 amide bonds. The molecule has 0 saturated heterocycles. The lowest BCUT2D eigenvalue weighted by atomic mass is 9.79. The average Bonchev–Trinajstić information content (AvgIpc) is 2.63. The van der Waals surface area contributed by atoms with Crippen LogP contribution in [0.15, 0.2) is 0 Å². The second-order valence-corrected chi connectivity index (χ2v) is 7.17. The predicted octanol–water partition coefficient (Wildman–Crippen LogP) is 3.29. The number of nitrogens with one attached hydrogen (secondary N) is 1. The molecule has 20 heavy (non-hydrogen) atoms. The highest BCUT2D eigenvalue weighted by atomic mass is 16.5. The molecule has 1 saturated carbocycles. The molecule has 0 heterocycles. The van der Waals surface area contributed by atoms with E-state index in [1.807, 2.05) is 0 Å². The molecule has 1 atom stereocenters. The number of nitrogens with zero attached hydrogens (tertiary/aromatic N) is 1. The molecule has 0 spiro atoms. The fraction of sp³-hybridized carbons (Fsp3) is 1.00. The van der Waals surface area contributed by atoms with Crippen LogP contribution in [0.2, 0.25) is 0 Å². The maximum atomic E-state index is 5.31. The van der Waals surface area contributed by atoms with Crippen LogP contribution >= 0.6 is 0 Å². The minimum absolute atomic E-state index is 0.456. The highest BCUT2D eigenvalue weighted by Crippen LogP contribution is 2.35. The minimum atomic E-state index is 0.456. The van der Waals surface area contributed by atoms with Crippen molar-refractivity contribution in [3.05, 3.63) is 0 Å². The maximum Gasteiger partial charge on any atom is 0.0615 e. The van der Waals surface area contributed by atoms with Gasteiger partial charge in [0.2, 0.25) is 0 Å². The Bertz CT molecular complexity index is 247. The van der Waals surface area contributed by atoms with Crippen LogP contribution < -0.4 is 5.32 Å². The lowest BCUT2D eigenvalue weighted by Gasteiger charge is -2.39. The number of methoxy groups -OCH3 is 1. The van der Waals surface area contributed by atoms with E-state index in [4.69, 9.17) is 4.74 Å². The number of rotatable bonds is 8. The summed E-state index contributed by atoms with van der Waals surface area (Å²) in [5.74, 6) is 0. The molecule has 1 aliphatic rings. The van der Waals surface area contributed by atoms with Crippen LogP contribution in [0, 0.1) is 5.41 Å². The minimum Gasteiger partial charge on any atom is -0.383 e. The van der Waals surface area contributed by atoms with Gasteiger partial charge in [-0.05, 0) is 32.2 Å². The van der Waals surface area contributed by atoms with E-state index in [2.05, 4.69) is 38.0 Å². The molecular formula is C17H36N2O. The summed E-state index contributed by atoms with van der Waals surface area (Å²) < 4.78 is 5.31. The van der Waals surface area contributed by atoms with Gasteiger partial charge in [-0.25, -0.2) is 0 Å². The molecule has 3 nitrogen and oxygen atoms in total. The van der Waals surface area contributed by atoms with E-state index in [-0.39, 0.29) is 0 Å². The molecule has 0 aromatic rings. The smallest absolute Gasteiger partial charge is 0.0615 e. The summed E-state index contributed by atoms with van der Waals surface area (Å²) in [5.41, 5.74) is 0.456. The summed E-state index contributed by atoms with van der Waals surface area (Å²) in [6.45, 7) is 9.95. The molecule has 0 aliphatic heterocycles. The van der Waals surface area contributed by atoms with Crippen molar-refractivity contribution in [2.75, 3.05) is 33.9 Å². The monoisotopic (exact) mass is 284 g/mol. The Hall–Kier alpha value is -0.120. The Morgan fingerprint density at radius 3 is 2.20 bits per heavy atom. The maximum absolute atomic E-state index is 5.31. The highest BCUT2D eigenvalue weighted by molar-refractivity contribution is 4.87. The third-order valence-corrected chi connectivity index (χ3v) is 4.79. The van der Waals surface area contributed by atoms with Crippen molar-refractivity contribution >= 4 is 0 Å². The summed E-state index contributed by atoms with van der Waals surface area (Å²) in [6.07, 6.45) is 8.37. The number of hydrogen-bond acceptors (Lipinski definition) is 3. The van der Waals surface area contributed by atoms with Gasteiger partial charge >= 0.3 is 0 Å². The van der Waals surface area contributed by atoms with Crippen molar-refractivity contribution in [2.24, 2.45) is 5.41 Å². The predicted molar refractivity (Wildman–Crippen MR) is 87.2 cm³/mol. The van der Waals surface area contributed by atoms with E-state index in [0.717, 1.165) is 13.2 Å². The molecular weight excluding hydrogens is 248 g/mol. The number of hydrogen-bond donors (Lipinski definition) is 1. The zero-order valence-electron chi connectivity index (χ0n) is 14.4. The third kappa shape index (κ3) is 6.11. The lowest BCUT2D eigenvalue weighted by molar-refractivity contribution is 0.0715. The topological polar surface area (TPSA) is 24.5 Å². The molecule has 120 valence electrons. The molecule has 0 aromatic carbocycles. The second kappa shape index (κ2) is 9.01. The van der Waals surface area contributed by atoms with Crippen molar-refractivity contribution in [1.29, 1.82) is 0 Å². The molecule has 0 aromatic heterocycles. The van der Waals surface area contributed by atoms with Gasteiger partial charge in [0.1, 0.15) is 0 Å². The van der Waals surface area contributed by atoms with Crippen molar-refractivity contribution in [3.63, 3.8) is 0 Å². The van der Waals surface area contributed by atoms with Crippen LogP contribution in [0.1, 0.15) is 59.3 Å². The first-order chi connectivity index (χ1) is 9.49. The van der Waals surface area contributed by atoms with Crippen LogP contribution in [0.3, 0.4) is 0 Å². The van der Waals surface area contributed by atoms with Gasteiger partial charge in [-0.1, -0.05) is 39.5 Å². The highest BCUT2D eigenvalue weighted by Gasteiger charge is 2.33. The lowest BCUT2D eigenvalue weighted by Crippen LogP contribution is -2.47. The molecule has 1 fully saturated rings. The summed E-state index contributed by atoms with van der Waals surface area (Å²) >= 11 is 0. The average molecular weight is 284 g/mol. The first kappa shape index (κ1) is 17.9. The van der Waals surface area contributed by atoms with E-state index in [0.29, 0.717) is 17.5 Å². The van der Waals surface area contributed by atoms with Gasteiger partial charge in [-0.15, -0.1) is 0 Å². The van der Waals surface area contributed by atoms with E-state index in [9.17, 15) is 0 Å². The zero-order valence-corrected chi connectivity index (χ0v) is 14.4. The Labute approximate surface area is 126 Å². The quantitative estimate of drug-likeness (QED) is 0.692.